The van der Waals surface area contributed by atoms with Gasteiger partial charge in [-0.3, -0.25) is 0 Å². The van der Waals surface area contributed by atoms with Gasteiger partial charge in [0.2, 0.25) is 0 Å². The van der Waals surface area contributed by atoms with Crippen LogP contribution in [0.4, 0.5) is 4.39 Å². The summed E-state index contributed by atoms with van der Waals surface area (Å²) in [5.41, 5.74) is 1.01. The highest BCUT2D eigenvalue weighted by molar-refractivity contribution is 5.25. The van der Waals surface area contributed by atoms with Crippen LogP contribution in [0, 0.1) is 5.82 Å². The number of aliphatic hydroxyl groups is 1. The zero-order valence-electron chi connectivity index (χ0n) is 11.5. The fourth-order valence-electron chi connectivity index (χ4n) is 1.78. The molecule has 0 aliphatic carbocycles. The minimum Gasteiger partial charge on any atom is -0.508 e. The summed E-state index contributed by atoms with van der Waals surface area (Å²) in [7, 11) is 0. The van der Waals surface area contributed by atoms with Crippen molar-refractivity contribution in [3.63, 3.8) is 0 Å². The van der Waals surface area contributed by atoms with Crippen molar-refractivity contribution in [1.82, 2.24) is 5.32 Å². The third-order valence-corrected chi connectivity index (χ3v) is 2.90. The van der Waals surface area contributed by atoms with Crippen molar-refractivity contribution in [3.8, 4) is 11.5 Å². The Morgan fingerprint density at radius 3 is 2.38 bits per heavy atom. The van der Waals surface area contributed by atoms with Gasteiger partial charge in [-0.05, 0) is 42.0 Å². The van der Waals surface area contributed by atoms with E-state index in [-0.39, 0.29) is 18.2 Å². The Morgan fingerprint density at radius 2 is 1.71 bits per heavy atom. The molecule has 2 rings (SSSR count). The minimum atomic E-state index is -0.660. The highest BCUT2D eigenvalue weighted by Crippen LogP contribution is 2.11. The fraction of sp³-hybridized carbons (Fsp3) is 0.250. The van der Waals surface area contributed by atoms with E-state index in [4.69, 9.17) is 9.84 Å². The molecule has 5 heteroatoms. The van der Waals surface area contributed by atoms with Gasteiger partial charge in [0.25, 0.3) is 0 Å². The van der Waals surface area contributed by atoms with Crippen LogP contribution < -0.4 is 10.1 Å². The molecule has 3 N–H and O–H groups in total. The van der Waals surface area contributed by atoms with Crippen molar-refractivity contribution in [2.24, 2.45) is 0 Å². The smallest absolute Gasteiger partial charge is 0.123 e. The van der Waals surface area contributed by atoms with Gasteiger partial charge in [0, 0.05) is 13.1 Å². The highest BCUT2D eigenvalue weighted by Gasteiger charge is 2.05. The summed E-state index contributed by atoms with van der Waals surface area (Å²) in [5, 5.41) is 22.0. The van der Waals surface area contributed by atoms with E-state index in [2.05, 4.69) is 5.32 Å². The monoisotopic (exact) mass is 291 g/mol. The predicted octanol–water partition coefficient (Wildman–Crippen LogP) is 2.06. The molecule has 1 atom stereocenters. The van der Waals surface area contributed by atoms with Crippen LogP contribution in [-0.2, 0) is 6.54 Å². The van der Waals surface area contributed by atoms with Gasteiger partial charge in [0.15, 0.2) is 0 Å². The van der Waals surface area contributed by atoms with Crippen LogP contribution in [0.2, 0.25) is 0 Å². The second-order valence-corrected chi connectivity index (χ2v) is 4.72. The summed E-state index contributed by atoms with van der Waals surface area (Å²) in [6.07, 6.45) is -0.660. The zero-order chi connectivity index (χ0) is 15.1. The maximum Gasteiger partial charge on any atom is 0.123 e. The molecular formula is C16H18FNO3. The Balaban J connectivity index is 1.66. The lowest BCUT2D eigenvalue weighted by atomic mass is 10.2. The molecule has 0 fully saturated rings. The molecule has 0 saturated carbocycles. The van der Waals surface area contributed by atoms with Gasteiger partial charge in [0.1, 0.15) is 30.0 Å². The van der Waals surface area contributed by atoms with Crippen molar-refractivity contribution in [2.45, 2.75) is 12.6 Å². The maximum absolute atomic E-state index is 12.7. The molecule has 1 unspecified atom stereocenters. The quantitative estimate of drug-likeness (QED) is 0.731. The first-order valence-corrected chi connectivity index (χ1v) is 6.68. The normalized spacial score (nSPS) is 12.1. The first-order chi connectivity index (χ1) is 10.1. The van der Waals surface area contributed by atoms with Crippen LogP contribution in [0.1, 0.15) is 5.56 Å². The molecule has 4 nitrogen and oxygen atoms in total. The predicted molar refractivity (Wildman–Crippen MR) is 77.7 cm³/mol. The molecule has 0 heterocycles. The Hall–Kier alpha value is -2.11. The van der Waals surface area contributed by atoms with Crippen molar-refractivity contribution >= 4 is 0 Å². The summed E-state index contributed by atoms with van der Waals surface area (Å²) in [6, 6.07) is 12.5. The number of hydrogen-bond donors (Lipinski definition) is 3. The van der Waals surface area contributed by atoms with Crippen LogP contribution >= 0.6 is 0 Å². The molecular weight excluding hydrogens is 273 g/mol. The van der Waals surface area contributed by atoms with Gasteiger partial charge in [-0.25, -0.2) is 4.39 Å². The van der Waals surface area contributed by atoms with E-state index in [1.165, 1.54) is 24.3 Å². The van der Waals surface area contributed by atoms with Crippen molar-refractivity contribution in [1.29, 1.82) is 0 Å². The lowest BCUT2D eigenvalue weighted by molar-refractivity contribution is 0.106. The summed E-state index contributed by atoms with van der Waals surface area (Å²) >= 11 is 0. The lowest BCUT2D eigenvalue weighted by Gasteiger charge is -2.13. The largest absolute Gasteiger partial charge is 0.508 e. The van der Waals surface area contributed by atoms with Gasteiger partial charge < -0.3 is 20.3 Å². The second kappa shape index (κ2) is 7.61. The molecule has 2 aromatic rings. The molecule has 0 amide bonds. The number of ether oxygens (including phenoxy) is 1. The van der Waals surface area contributed by atoms with E-state index in [9.17, 15) is 9.50 Å². The molecule has 0 aliphatic heterocycles. The number of benzene rings is 2. The number of phenols is 1. The molecule has 2 aromatic carbocycles. The molecule has 0 spiro atoms. The fourth-order valence-corrected chi connectivity index (χ4v) is 1.78. The molecule has 112 valence electrons. The molecule has 0 aliphatic rings. The van der Waals surface area contributed by atoms with Crippen molar-refractivity contribution < 1.29 is 19.3 Å². The third kappa shape index (κ3) is 5.41. The third-order valence-electron chi connectivity index (χ3n) is 2.90. The molecule has 21 heavy (non-hydrogen) atoms. The summed E-state index contributed by atoms with van der Waals surface area (Å²) in [5.74, 6) is 0.430. The number of phenolic OH excluding ortho intramolecular Hbond substituents is 1. The Kier molecular flexibility index (Phi) is 5.54. The number of aliphatic hydroxyl groups excluding tert-OH is 1. The number of halogens is 1. The van der Waals surface area contributed by atoms with Gasteiger partial charge in [-0.2, -0.15) is 0 Å². The average molecular weight is 291 g/mol. The van der Waals surface area contributed by atoms with Gasteiger partial charge >= 0.3 is 0 Å². The Morgan fingerprint density at radius 1 is 1.05 bits per heavy atom. The first kappa shape index (κ1) is 15.3. The first-order valence-electron chi connectivity index (χ1n) is 6.68. The number of nitrogens with one attached hydrogen (secondary N) is 1. The van der Waals surface area contributed by atoms with Gasteiger partial charge in [0.05, 0.1) is 0 Å². The van der Waals surface area contributed by atoms with Crippen molar-refractivity contribution in [2.75, 3.05) is 13.2 Å². The van der Waals surface area contributed by atoms with E-state index < -0.39 is 6.10 Å². The number of hydrogen-bond acceptors (Lipinski definition) is 4. The molecule has 0 saturated heterocycles. The van der Waals surface area contributed by atoms with Crippen LogP contribution in [0.3, 0.4) is 0 Å². The van der Waals surface area contributed by atoms with Gasteiger partial charge in [-0.1, -0.05) is 12.1 Å². The topological polar surface area (TPSA) is 61.7 Å². The van der Waals surface area contributed by atoms with E-state index in [1.54, 1.807) is 12.1 Å². The van der Waals surface area contributed by atoms with E-state index >= 15 is 0 Å². The summed E-state index contributed by atoms with van der Waals surface area (Å²) in [6.45, 7) is 1.10. The van der Waals surface area contributed by atoms with Crippen LogP contribution in [0.25, 0.3) is 0 Å². The molecule has 0 radical (unpaired) electrons. The Bertz CT molecular complexity index is 542. The highest BCUT2D eigenvalue weighted by atomic mass is 19.1. The zero-order valence-corrected chi connectivity index (χ0v) is 11.5. The summed E-state index contributed by atoms with van der Waals surface area (Å²) in [4.78, 5) is 0. The van der Waals surface area contributed by atoms with E-state index in [0.29, 0.717) is 18.8 Å². The number of aromatic hydroxyl groups is 1. The van der Waals surface area contributed by atoms with Crippen molar-refractivity contribution in [3.05, 3.63) is 59.9 Å². The second-order valence-electron chi connectivity index (χ2n) is 4.72. The molecule has 0 aromatic heterocycles. The standard InChI is InChI=1S/C16H18FNO3/c17-13-3-7-16(8-4-13)21-11-15(20)10-18-9-12-1-5-14(19)6-2-12/h1-8,15,18-20H,9-11H2. The minimum absolute atomic E-state index is 0.133. The van der Waals surface area contributed by atoms with E-state index in [1.807, 2.05) is 12.1 Å². The Labute approximate surface area is 122 Å². The van der Waals surface area contributed by atoms with Crippen LogP contribution in [0.5, 0.6) is 11.5 Å². The van der Waals surface area contributed by atoms with E-state index in [0.717, 1.165) is 5.56 Å². The maximum atomic E-state index is 12.7. The summed E-state index contributed by atoms with van der Waals surface area (Å²) < 4.78 is 18.1. The SMILES string of the molecule is Oc1ccc(CNCC(O)COc2ccc(F)cc2)cc1. The van der Waals surface area contributed by atoms with Gasteiger partial charge in [-0.15, -0.1) is 0 Å². The average Bonchev–Trinajstić information content (AvgIpc) is 2.49. The van der Waals surface area contributed by atoms with Crippen LogP contribution in [0.15, 0.2) is 48.5 Å². The number of rotatable bonds is 7. The molecule has 0 bridgehead atoms. The van der Waals surface area contributed by atoms with Crippen LogP contribution in [-0.4, -0.2) is 29.5 Å². The lowest BCUT2D eigenvalue weighted by Crippen LogP contribution is -2.31.